The van der Waals surface area contributed by atoms with Crippen LogP contribution in [-0.2, 0) is 4.74 Å². The maximum Gasteiger partial charge on any atom is 0.257 e. The van der Waals surface area contributed by atoms with Gasteiger partial charge in [0.2, 0.25) is 0 Å². The molecule has 7 heteroatoms. The molecule has 0 saturated carbocycles. The third-order valence-electron chi connectivity index (χ3n) is 3.42. The first-order chi connectivity index (χ1) is 10.2. The highest BCUT2D eigenvalue weighted by molar-refractivity contribution is 14.1. The summed E-state index contributed by atoms with van der Waals surface area (Å²) in [6.07, 6.45) is 0. The van der Waals surface area contributed by atoms with Crippen LogP contribution in [0.1, 0.15) is 11.9 Å². The number of rotatable bonds is 4. The molecule has 2 N–H and O–H groups in total. The summed E-state index contributed by atoms with van der Waals surface area (Å²) < 4.78 is 11.8. The predicted octanol–water partition coefficient (Wildman–Crippen LogP) is 1.67. The van der Waals surface area contributed by atoms with Crippen molar-refractivity contribution in [2.45, 2.75) is 6.04 Å². The van der Waals surface area contributed by atoms with Crippen LogP contribution in [0.25, 0.3) is 11.5 Å². The van der Waals surface area contributed by atoms with Gasteiger partial charge in [0.15, 0.2) is 5.82 Å². The van der Waals surface area contributed by atoms with Crippen LogP contribution in [-0.4, -0.2) is 47.9 Å². The van der Waals surface area contributed by atoms with E-state index in [1.807, 2.05) is 24.3 Å². The molecule has 1 unspecified atom stereocenters. The highest BCUT2D eigenvalue weighted by atomic mass is 127. The molecule has 1 aliphatic heterocycles. The van der Waals surface area contributed by atoms with E-state index in [9.17, 15) is 0 Å². The second-order valence-corrected chi connectivity index (χ2v) is 6.23. The fourth-order valence-electron chi connectivity index (χ4n) is 2.24. The van der Waals surface area contributed by atoms with E-state index in [1.165, 1.54) is 3.57 Å². The Morgan fingerprint density at radius 1 is 1.24 bits per heavy atom. The van der Waals surface area contributed by atoms with Crippen LogP contribution < -0.4 is 5.73 Å². The van der Waals surface area contributed by atoms with Crippen molar-refractivity contribution in [3.63, 3.8) is 0 Å². The molecular formula is C14H17IN4O2. The summed E-state index contributed by atoms with van der Waals surface area (Å²) in [5.74, 6) is 1.06. The van der Waals surface area contributed by atoms with Crippen LogP contribution in [0.5, 0.6) is 0 Å². The third kappa shape index (κ3) is 3.79. The van der Waals surface area contributed by atoms with Crippen molar-refractivity contribution >= 4 is 22.6 Å². The van der Waals surface area contributed by atoms with Gasteiger partial charge in [0.25, 0.3) is 5.89 Å². The maximum absolute atomic E-state index is 6.17. The van der Waals surface area contributed by atoms with Gasteiger partial charge in [0.1, 0.15) is 0 Å². The van der Waals surface area contributed by atoms with Gasteiger partial charge in [-0.15, -0.1) is 0 Å². The van der Waals surface area contributed by atoms with Crippen molar-refractivity contribution in [2.75, 3.05) is 32.8 Å². The van der Waals surface area contributed by atoms with E-state index in [-0.39, 0.29) is 6.04 Å². The quantitative estimate of drug-likeness (QED) is 0.788. The van der Waals surface area contributed by atoms with Crippen LogP contribution in [0.2, 0.25) is 0 Å². The standard InChI is InChI=1S/C14H17IN4O2/c15-11-3-1-10(2-4-11)14-17-13(18-21-14)12(16)9-19-5-7-20-8-6-19/h1-4,12H,5-9,16H2. The minimum Gasteiger partial charge on any atom is -0.379 e. The Kier molecular flexibility index (Phi) is 4.84. The van der Waals surface area contributed by atoms with E-state index < -0.39 is 0 Å². The number of nitrogens with zero attached hydrogens (tertiary/aromatic N) is 3. The molecule has 1 atom stereocenters. The summed E-state index contributed by atoms with van der Waals surface area (Å²) in [5.41, 5.74) is 7.08. The van der Waals surface area contributed by atoms with Gasteiger partial charge in [0, 0.05) is 28.8 Å². The Morgan fingerprint density at radius 2 is 1.95 bits per heavy atom. The van der Waals surface area contributed by atoms with Gasteiger partial charge in [-0.3, -0.25) is 4.90 Å². The zero-order chi connectivity index (χ0) is 14.7. The monoisotopic (exact) mass is 400 g/mol. The Labute approximate surface area is 136 Å². The Hall–Kier alpha value is -1.03. The molecule has 1 aliphatic rings. The van der Waals surface area contributed by atoms with E-state index in [2.05, 4.69) is 37.6 Å². The molecule has 0 spiro atoms. The maximum atomic E-state index is 6.17. The van der Waals surface area contributed by atoms with Crippen molar-refractivity contribution in [2.24, 2.45) is 5.73 Å². The molecule has 1 fully saturated rings. The topological polar surface area (TPSA) is 77.4 Å². The van der Waals surface area contributed by atoms with Gasteiger partial charge >= 0.3 is 0 Å². The van der Waals surface area contributed by atoms with E-state index in [1.54, 1.807) is 0 Å². The average Bonchev–Trinajstić information content (AvgIpc) is 2.99. The van der Waals surface area contributed by atoms with Gasteiger partial charge in [0.05, 0.1) is 19.3 Å². The summed E-state index contributed by atoms with van der Waals surface area (Å²) in [4.78, 5) is 6.67. The van der Waals surface area contributed by atoms with E-state index in [0.29, 0.717) is 11.7 Å². The smallest absolute Gasteiger partial charge is 0.257 e. The van der Waals surface area contributed by atoms with E-state index >= 15 is 0 Å². The summed E-state index contributed by atoms with van der Waals surface area (Å²) in [7, 11) is 0. The fraction of sp³-hybridized carbons (Fsp3) is 0.429. The second-order valence-electron chi connectivity index (χ2n) is 4.98. The van der Waals surface area contributed by atoms with Crippen LogP contribution in [0.15, 0.2) is 28.8 Å². The molecule has 1 saturated heterocycles. The molecule has 0 bridgehead atoms. The molecule has 2 heterocycles. The summed E-state index contributed by atoms with van der Waals surface area (Å²) in [5, 5.41) is 4.01. The largest absolute Gasteiger partial charge is 0.379 e. The third-order valence-corrected chi connectivity index (χ3v) is 4.14. The lowest BCUT2D eigenvalue weighted by atomic mass is 10.2. The van der Waals surface area contributed by atoms with E-state index in [0.717, 1.165) is 38.4 Å². The van der Waals surface area contributed by atoms with Crippen molar-refractivity contribution < 1.29 is 9.26 Å². The molecule has 0 radical (unpaired) electrons. The van der Waals surface area contributed by atoms with E-state index in [4.69, 9.17) is 15.0 Å². The SMILES string of the molecule is NC(CN1CCOCC1)c1noc(-c2ccc(I)cc2)n1. The lowest BCUT2D eigenvalue weighted by Crippen LogP contribution is -2.40. The average molecular weight is 400 g/mol. The number of ether oxygens (including phenoxy) is 1. The number of hydrogen-bond donors (Lipinski definition) is 1. The van der Waals surface area contributed by atoms with Crippen molar-refractivity contribution in [1.82, 2.24) is 15.0 Å². The molecular weight excluding hydrogens is 383 g/mol. The zero-order valence-electron chi connectivity index (χ0n) is 11.5. The molecule has 0 aliphatic carbocycles. The molecule has 3 rings (SSSR count). The minimum absolute atomic E-state index is 0.246. The van der Waals surface area contributed by atoms with Gasteiger partial charge in [-0.05, 0) is 46.9 Å². The van der Waals surface area contributed by atoms with Gasteiger partial charge in [-0.25, -0.2) is 0 Å². The zero-order valence-corrected chi connectivity index (χ0v) is 13.7. The van der Waals surface area contributed by atoms with Gasteiger partial charge in [-0.2, -0.15) is 4.98 Å². The molecule has 0 amide bonds. The number of aromatic nitrogens is 2. The lowest BCUT2D eigenvalue weighted by molar-refractivity contribution is 0.0348. The van der Waals surface area contributed by atoms with Gasteiger partial charge in [-0.1, -0.05) is 5.16 Å². The van der Waals surface area contributed by atoms with Gasteiger partial charge < -0.3 is 15.0 Å². The van der Waals surface area contributed by atoms with Crippen molar-refractivity contribution in [3.05, 3.63) is 33.7 Å². The summed E-state index contributed by atoms with van der Waals surface area (Å²) >= 11 is 2.26. The molecule has 2 aromatic rings. The highest BCUT2D eigenvalue weighted by Crippen LogP contribution is 2.20. The first-order valence-corrected chi connectivity index (χ1v) is 7.95. The lowest BCUT2D eigenvalue weighted by Gasteiger charge is -2.27. The number of benzene rings is 1. The molecule has 1 aromatic heterocycles. The number of morpholine rings is 1. The molecule has 21 heavy (non-hydrogen) atoms. The first-order valence-electron chi connectivity index (χ1n) is 6.87. The number of hydrogen-bond acceptors (Lipinski definition) is 6. The Bertz CT molecular complexity index is 581. The minimum atomic E-state index is -0.246. The van der Waals surface area contributed by atoms with Crippen LogP contribution in [0.4, 0.5) is 0 Å². The van der Waals surface area contributed by atoms with Crippen LogP contribution in [0, 0.1) is 3.57 Å². The summed E-state index contributed by atoms with van der Waals surface area (Å²) in [6.45, 7) is 4.03. The number of nitrogens with two attached hydrogens (primary N) is 1. The molecule has 112 valence electrons. The number of halogens is 1. The fourth-order valence-corrected chi connectivity index (χ4v) is 2.60. The van der Waals surface area contributed by atoms with Crippen molar-refractivity contribution in [3.8, 4) is 11.5 Å². The predicted molar refractivity (Wildman–Crippen MR) is 86.6 cm³/mol. The Balaban J connectivity index is 1.67. The Morgan fingerprint density at radius 3 is 2.67 bits per heavy atom. The normalized spacial score (nSPS) is 17.8. The van der Waals surface area contributed by atoms with Crippen molar-refractivity contribution in [1.29, 1.82) is 0 Å². The van der Waals surface area contributed by atoms with Crippen LogP contribution >= 0.6 is 22.6 Å². The molecule has 6 nitrogen and oxygen atoms in total. The summed E-state index contributed by atoms with van der Waals surface area (Å²) in [6, 6.07) is 7.70. The second kappa shape index (κ2) is 6.82. The highest BCUT2D eigenvalue weighted by Gasteiger charge is 2.19. The molecule has 1 aromatic carbocycles. The van der Waals surface area contributed by atoms with Crippen LogP contribution in [0.3, 0.4) is 0 Å². The first kappa shape index (κ1) is 14.9.